The summed E-state index contributed by atoms with van der Waals surface area (Å²) in [4.78, 5) is 37.4. The molecule has 1 aromatic carbocycles. The normalized spacial score (nSPS) is 19.6. The van der Waals surface area contributed by atoms with Crippen molar-refractivity contribution in [3.05, 3.63) is 47.7 Å². The molecule has 10 nitrogen and oxygen atoms in total. The summed E-state index contributed by atoms with van der Waals surface area (Å²) in [6.45, 7) is 14.9. The fourth-order valence-electron chi connectivity index (χ4n) is 4.90. The quantitative estimate of drug-likeness (QED) is 0.477. The summed E-state index contributed by atoms with van der Waals surface area (Å²) in [7, 11) is 0. The highest BCUT2D eigenvalue weighted by molar-refractivity contribution is 5.89. The molecule has 2 unspecified atom stereocenters. The van der Waals surface area contributed by atoms with E-state index in [-0.39, 0.29) is 36.2 Å². The van der Waals surface area contributed by atoms with E-state index in [1.165, 1.54) is 5.56 Å². The van der Waals surface area contributed by atoms with Gasteiger partial charge in [0.2, 0.25) is 5.95 Å². The van der Waals surface area contributed by atoms with Crippen LogP contribution in [-0.2, 0) is 16.0 Å². The summed E-state index contributed by atoms with van der Waals surface area (Å²) in [6.07, 6.45) is 2.77. The van der Waals surface area contributed by atoms with Crippen LogP contribution < -0.4 is 15.5 Å². The van der Waals surface area contributed by atoms with Gasteiger partial charge < -0.3 is 20.1 Å². The third kappa shape index (κ3) is 7.81. The average Bonchev–Trinajstić information content (AvgIpc) is 3.26. The molecule has 2 aliphatic heterocycles. The van der Waals surface area contributed by atoms with Gasteiger partial charge in [-0.15, -0.1) is 0 Å². The lowest BCUT2D eigenvalue weighted by Crippen LogP contribution is -2.45. The number of ether oxygens (including phenoxy) is 2. The van der Waals surface area contributed by atoms with Crippen LogP contribution in [0, 0.1) is 5.92 Å². The van der Waals surface area contributed by atoms with Gasteiger partial charge in [-0.05, 0) is 63.6 Å². The van der Waals surface area contributed by atoms with E-state index in [2.05, 4.69) is 70.5 Å². The minimum atomic E-state index is -0.485. The minimum Gasteiger partial charge on any atom is -0.447 e. The molecule has 2 aliphatic rings. The summed E-state index contributed by atoms with van der Waals surface area (Å²) in [6, 6.07) is 10.4. The number of nitrogens with one attached hydrogen (secondary N) is 2. The molecule has 2 saturated heterocycles. The van der Waals surface area contributed by atoms with Crippen molar-refractivity contribution in [3.63, 3.8) is 0 Å². The fourth-order valence-corrected chi connectivity index (χ4v) is 4.90. The Bertz CT molecular complexity index is 1130. The SMILES string of the molecule is CC(Nc1nccc(N2C(=O)OCC2C(C)C)n1)c1ccc(CN2CCC(NC(=O)OC(C)(C)C)CC2)cc1. The van der Waals surface area contributed by atoms with Gasteiger partial charge in [0.1, 0.15) is 18.0 Å². The number of hydrogen-bond acceptors (Lipinski definition) is 8. The number of nitrogens with zero attached hydrogens (tertiary/aromatic N) is 4. The molecule has 0 saturated carbocycles. The van der Waals surface area contributed by atoms with Crippen molar-refractivity contribution in [2.24, 2.45) is 5.92 Å². The molecule has 3 heterocycles. The van der Waals surface area contributed by atoms with Crippen molar-refractivity contribution in [3.8, 4) is 0 Å². The van der Waals surface area contributed by atoms with Gasteiger partial charge in [0.05, 0.1) is 12.1 Å². The molecule has 2 fully saturated rings. The zero-order valence-corrected chi connectivity index (χ0v) is 23.9. The summed E-state index contributed by atoms with van der Waals surface area (Å²) in [5.41, 5.74) is 1.88. The smallest absolute Gasteiger partial charge is 0.415 e. The predicted molar refractivity (Wildman–Crippen MR) is 151 cm³/mol. The van der Waals surface area contributed by atoms with Gasteiger partial charge in [0.15, 0.2) is 0 Å². The molecular formula is C29H42N6O4. The molecule has 0 spiro atoms. The first-order valence-corrected chi connectivity index (χ1v) is 13.8. The maximum Gasteiger partial charge on any atom is 0.415 e. The van der Waals surface area contributed by atoms with Crippen molar-refractivity contribution in [1.82, 2.24) is 20.2 Å². The Morgan fingerprint density at radius 1 is 1.13 bits per heavy atom. The number of cyclic esters (lactones) is 1. The van der Waals surface area contributed by atoms with Crippen LogP contribution in [0.25, 0.3) is 0 Å². The Kier molecular flexibility index (Phi) is 8.94. The number of rotatable bonds is 8. The van der Waals surface area contributed by atoms with Crippen LogP contribution in [0.2, 0.25) is 0 Å². The highest BCUT2D eigenvalue weighted by Gasteiger charge is 2.37. The summed E-state index contributed by atoms with van der Waals surface area (Å²) in [5.74, 6) is 1.26. The number of aromatic nitrogens is 2. The lowest BCUT2D eigenvalue weighted by atomic mass is 10.0. The number of carbonyl (C=O) groups excluding carboxylic acids is 2. The Hall–Kier alpha value is -3.40. The van der Waals surface area contributed by atoms with Crippen LogP contribution >= 0.6 is 0 Å². The molecule has 2 amide bonds. The minimum absolute atomic E-state index is 0.0181. The number of anilines is 2. The number of likely N-dealkylation sites (tertiary alicyclic amines) is 1. The van der Waals surface area contributed by atoms with Gasteiger partial charge in [0.25, 0.3) is 0 Å². The van der Waals surface area contributed by atoms with Crippen molar-refractivity contribution in [2.75, 3.05) is 29.9 Å². The number of benzene rings is 1. The second kappa shape index (κ2) is 12.2. The van der Waals surface area contributed by atoms with E-state index in [0.29, 0.717) is 18.4 Å². The van der Waals surface area contributed by atoms with Crippen LogP contribution in [-0.4, -0.2) is 64.4 Å². The van der Waals surface area contributed by atoms with Crippen LogP contribution in [0.4, 0.5) is 21.4 Å². The summed E-state index contributed by atoms with van der Waals surface area (Å²) >= 11 is 0. The molecule has 39 heavy (non-hydrogen) atoms. The van der Waals surface area contributed by atoms with Crippen molar-refractivity contribution < 1.29 is 19.1 Å². The number of amides is 2. The predicted octanol–water partition coefficient (Wildman–Crippen LogP) is 5.12. The number of alkyl carbamates (subject to hydrolysis) is 1. The lowest BCUT2D eigenvalue weighted by Gasteiger charge is -2.32. The van der Waals surface area contributed by atoms with E-state index >= 15 is 0 Å². The first kappa shape index (κ1) is 28.6. The Morgan fingerprint density at radius 2 is 1.82 bits per heavy atom. The van der Waals surface area contributed by atoms with Gasteiger partial charge in [-0.2, -0.15) is 4.98 Å². The summed E-state index contributed by atoms with van der Waals surface area (Å²) in [5, 5.41) is 6.36. The van der Waals surface area contributed by atoms with Gasteiger partial charge in [-0.3, -0.25) is 9.80 Å². The van der Waals surface area contributed by atoms with E-state index in [4.69, 9.17) is 9.47 Å². The van der Waals surface area contributed by atoms with Gasteiger partial charge >= 0.3 is 12.2 Å². The zero-order chi connectivity index (χ0) is 28.2. The highest BCUT2D eigenvalue weighted by atomic mass is 16.6. The third-order valence-corrected chi connectivity index (χ3v) is 7.10. The molecule has 0 bridgehead atoms. The number of carbonyl (C=O) groups is 2. The van der Waals surface area contributed by atoms with E-state index in [0.717, 1.165) is 38.0 Å². The van der Waals surface area contributed by atoms with Crippen molar-refractivity contribution in [2.45, 2.75) is 84.7 Å². The highest BCUT2D eigenvalue weighted by Crippen LogP contribution is 2.27. The molecule has 1 aromatic heterocycles. The van der Waals surface area contributed by atoms with Gasteiger partial charge in [0, 0.05) is 31.9 Å². The fraction of sp³-hybridized carbons (Fsp3) is 0.586. The van der Waals surface area contributed by atoms with Gasteiger partial charge in [-0.1, -0.05) is 38.1 Å². The number of piperidine rings is 1. The Morgan fingerprint density at radius 3 is 2.46 bits per heavy atom. The average molecular weight is 539 g/mol. The zero-order valence-electron chi connectivity index (χ0n) is 23.9. The maximum atomic E-state index is 12.3. The van der Waals surface area contributed by atoms with E-state index in [1.54, 1.807) is 17.2 Å². The first-order valence-electron chi connectivity index (χ1n) is 13.8. The van der Waals surface area contributed by atoms with Gasteiger partial charge in [-0.25, -0.2) is 14.6 Å². The van der Waals surface area contributed by atoms with Crippen molar-refractivity contribution >= 4 is 24.0 Å². The first-order chi connectivity index (χ1) is 18.5. The number of hydrogen-bond donors (Lipinski definition) is 2. The topological polar surface area (TPSA) is 109 Å². The molecule has 0 radical (unpaired) electrons. The lowest BCUT2D eigenvalue weighted by molar-refractivity contribution is 0.0477. The molecule has 2 aromatic rings. The van der Waals surface area contributed by atoms with E-state index in [1.807, 2.05) is 20.8 Å². The van der Waals surface area contributed by atoms with Crippen LogP contribution in [0.3, 0.4) is 0 Å². The van der Waals surface area contributed by atoms with E-state index < -0.39 is 5.60 Å². The Balaban J connectivity index is 1.28. The Labute approximate surface area is 231 Å². The largest absolute Gasteiger partial charge is 0.447 e. The molecular weight excluding hydrogens is 496 g/mol. The third-order valence-electron chi connectivity index (χ3n) is 7.10. The van der Waals surface area contributed by atoms with Crippen LogP contribution in [0.1, 0.15) is 71.6 Å². The van der Waals surface area contributed by atoms with Crippen LogP contribution in [0.15, 0.2) is 36.5 Å². The van der Waals surface area contributed by atoms with E-state index in [9.17, 15) is 9.59 Å². The van der Waals surface area contributed by atoms with Crippen LogP contribution in [0.5, 0.6) is 0 Å². The second-order valence-corrected chi connectivity index (χ2v) is 11.8. The molecule has 2 atom stereocenters. The molecule has 4 rings (SSSR count). The molecule has 2 N–H and O–H groups in total. The van der Waals surface area contributed by atoms with Crippen molar-refractivity contribution in [1.29, 1.82) is 0 Å². The maximum absolute atomic E-state index is 12.3. The second-order valence-electron chi connectivity index (χ2n) is 11.8. The summed E-state index contributed by atoms with van der Waals surface area (Å²) < 4.78 is 10.6. The molecule has 212 valence electrons. The molecule has 0 aliphatic carbocycles. The molecule has 10 heteroatoms. The standard InChI is InChI=1S/C29H42N6O4/c1-19(2)24-18-38-28(37)35(24)25-11-14-30-26(33-25)31-20(3)22-9-7-21(8-10-22)17-34-15-12-23(13-16-34)32-27(36)39-29(4,5)6/h7-11,14,19-20,23-24H,12-13,15-18H2,1-6H3,(H,32,36)(H,30,31,33). The monoisotopic (exact) mass is 538 g/mol.